The molecule has 1 unspecified atom stereocenters. The van der Waals surface area contributed by atoms with Crippen LogP contribution in [0.15, 0.2) is 36.4 Å². The van der Waals surface area contributed by atoms with Crippen molar-refractivity contribution in [2.24, 2.45) is 5.73 Å². The van der Waals surface area contributed by atoms with E-state index in [1.165, 1.54) is 6.07 Å². The van der Waals surface area contributed by atoms with Crippen molar-refractivity contribution in [3.8, 4) is 0 Å². The fraction of sp³-hybridized carbons (Fsp3) is 0.188. The lowest BCUT2D eigenvalue weighted by molar-refractivity contribution is -0.116. The Morgan fingerprint density at radius 1 is 1.19 bits per heavy atom. The molecule has 2 aromatic rings. The summed E-state index contributed by atoms with van der Waals surface area (Å²) in [7, 11) is 0. The Balaban J connectivity index is 2.03. The van der Waals surface area contributed by atoms with Crippen molar-refractivity contribution in [2.45, 2.75) is 18.9 Å². The summed E-state index contributed by atoms with van der Waals surface area (Å²) in [4.78, 5) is 11.4. The number of halogens is 2. The molecule has 3 N–H and O–H groups in total. The lowest BCUT2D eigenvalue weighted by Crippen LogP contribution is -2.21. The first-order valence-electron chi connectivity index (χ1n) is 6.68. The van der Waals surface area contributed by atoms with Gasteiger partial charge in [0.1, 0.15) is 5.82 Å². The summed E-state index contributed by atoms with van der Waals surface area (Å²) in [6, 6.07) is 10.3. The van der Waals surface area contributed by atoms with Crippen molar-refractivity contribution >= 4 is 34.2 Å². The standard InChI is InChI=1S/C16H14FIN2O/c17-12-8-14-9(5-6-15(21)20-14)7-11(12)16(19)10-3-1-2-4-13(10)18/h1-4,7-8,16H,5-6,19H2,(H,20,21). The van der Waals surface area contributed by atoms with Crippen molar-refractivity contribution in [1.29, 1.82) is 0 Å². The third-order valence-corrected chi connectivity index (χ3v) is 4.68. The molecule has 0 bridgehead atoms. The van der Waals surface area contributed by atoms with Crippen LogP contribution in [-0.4, -0.2) is 5.91 Å². The van der Waals surface area contributed by atoms with Crippen LogP contribution >= 0.6 is 22.6 Å². The highest BCUT2D eigenvalue weighted by Gasteiger charge is 2.21. The summed E-state index contributed by atoms with van der Waals surface area (Å²) in [5, 5.41) is 2.70. The maximum atomic E-state index is 14.3. The second kappa shape index (κ2) is 5.73. The Hall–Kier alpha value is -1.47. The summed E-state index contributed by atoms with van der Waals surface area (Å²) in [5.41, 5.74) is 9.11. The van der Waals surface area contributed by atoms with Gasteiger partial charge in [-0.25, -0.2) is 4.39 Å². The molecule has 1 amide bonds. The average Bonchev–Trinajstić information content (AvgIpc) is 2.46. The first-order chi connectivity index (χ1) is 10.1. The molecule has 0 aromatic heterocycles. The third-order valence-electron chi connectivity index (χ3n) is 3.69. The molecule has 108 valence electrons. The normalized spacial score (nSPS) is 15.3. The van der Waals surface area contributed by atoms with Crippen LogP contribution in [0.3, 0.4) is 0 Å². The molecule has 0 saturated heterocycles. The second-order valence-electron chi connectivity index (χ2n) is 5.08. The Labute approximate surface area is 135 Å². The van der Waals surface area contributed by atoms with Crippen molar-refractivity contribution < 1.29 is 9.18 Å². The minimum atomic E-state index is -0.513. The van der Waals surface area contributed by atoms with E-state index in [0.717, 1.165) is 14.7 Å². The van der Waals surface area contributed by atoms with Gasteiger partial charge in [-0.05, 0) is 58.3 Å². The van der Waals surface area contributed by atoms with Crippen molar-refractivity contribution in [3.05, 3.63) is 62.5 Å². The second-order valence-corrected chi connectivity index (χ2v) is 6.24. The summed E-state index contributed by atoms with van der Waals surface area (Å²) in [5.74, 6) is -0.459. The van der Waals surface area contributed by atoms with Crippen LogP contribution < -0.4 is 11.1 Å². The molecule has 1 aliphatic heterocycles. The van der Waals surface area contributed by atoms with E-state index in [2.05, 4.69) is 27.9 Å². The molecule has 1 aliphatic rings. The molecule has 5 heteroatoms. The zero-order valence-electron chi connectivity index (χ0n) is 11.2. The topological polar surface area (TPSA) is 55.1 Å². The third kappa shape index (κ3) is 2.80. The molecule has 3 nitrogen and oxygen atoms in total. The molecule has 3 rings (SSSR count). The number of hydrogen-bond acceptors (Lipinski definition) is 2. The van der Waals surface area contributed by atoms with E-state index in [1.807, 2.05) is 24.3 Å². The van der Waals surface area contributed by atoms with E-state index in [0.29, 0.717) is 24.1 Å². The van der Waals surface area contributed by atoms with Gasteiger partial charge in [0.15, 0.2) is 0 Å². The highest BCUT2D eigenvalue weighted by molar-refractivity contribution is 14.1. The van der Waals surface area contributed by atoms with Crippen LogP contribution in [0, 0.1) is 9.39 Å². The van der Waals surface area contributed by atoms with Crippen LogP contribution in [0.4, 0.5) is 10.1 Å². The van der Waals surface area contributed by atoms with Gasteiger partial charge in [0.25, 0.3) is 0 Å². The van der Waals surface area contributed by atoms with Gasteiger partial charge in [-0.1, -0.05) is 18.2 Å². The molecule has 21 heavy (non-hydrogen) atoms. The van der Waals surface area contributed by atoms with Crippen LogP contribution in [0.2, 0.25) is 0 Å². The van der Waals surface area contributed by atoms with Gasteiger partial charge in [-0.15, -0.1) is 0 Å². The van der Waals surface area contributed by atoms with Crippen molar-refractivity contribution in [3.63, 3.8) is 0 Å². The molecule has 0 spiro atoms. The van der Waals surface area contributed by atoms with Gasteiger partial charge >= 0.3 is 0 Å². The maximum absolute atomic E-state index is 14.3. The highest BCUT2D eigenvalue weighted by atomic mass is 127. The lowest BCUT2D eigenvalue weighted by atomic mass is 9.94. The Morgan fingerprint density at radius 3 is 2.71 bits per heavy atom. The molecule has 0 saturated carbocycles. The molecule has 0 aliphatic carbocycles. The van der Waals surface area contributed by atoms with E-state index < -0.39 is 6.04 Å². The molecule has 1 atom stereocenters. The summed E-state index contributed by atoms with van der Waals surface area (Å²) in [6.07, 6.45) is 1.04. The molecule has 2 aromatic carbocycles. The largest absolute Gasteiger partial charge is 0.326 e. The van der Waals surface area contributed by atoms with Gasteiger partial charge in [0, 0.05) is 21.2 Å². The van der Waals surface area contributed by atoms with Crippen LogP contribution in [0.1, 0.15) is 29.2 Å². The van der Waals surface area contributed by atoms with Gasteiger partial charge in [-0.2, -0.15) is 0 Å². The summed E-state index contributed by atoms with van der Waals surface area (Å²) >= 11 is 2.20. The van der Waals surface area contributed by atoms with Crippen LogP contribution in [-0.2, 0) is 11.2 Å². The number of carbonyl (C=O) groups excluding carboxylic acids is 1. The number of aryl methyl sites for hydroxylation is 1. The number of nitrogens with two attached hydrogens (primary N) is 1. The van der Waals surface area contributed by atoms with Gasteiger partial charge < -0.3 is 11.1 Å². The minimum Gasteiger partial charge on any atom is -0.326 e. The Morgan fingerprint density at radius 2 is 1.95 bits per heavy atom. The average molecular weight is 396 g/mol. The molecule has 1 heterocycles. The first-order valence-corrected chi connectivity index (χ1v) is 7.76. The molecule has 0 fully saturated rings. The SMILES string of the molecule is NC(c1cc2c(cc1F)NC(=O)CC2)c1ccccc1I. The van der Waals surface area contributed by atoms with Gasteiger partial charge in [0.2, 0.25) is 5.91 Å². The Bertz CT molecular complexity index is 717. The number of rotatable bonds is 2. The number of nitrogens with one attached hydrogen (secondary N) is 1. The number of benzene rings is 2. The highest BCUT2D eigenvalue weighted by Crippen LogP contribution is 2.31. The van der Waals surface area contributed by atoms with E-state index >= 15 is 0 Å². The lowest BCUT2D eigenvalue weighted by Gasteiger charge is -2.21. The zero-order chi connectivity index (χ0) is 15.0. The fourth-order valence-electron chi connectivity index (χ4n) is 2.55. The molecular formula is C16H14FIN2O. The number of anilines is 1. The first kappa shape index (κ1) is 14.5. The molecule has 0 radical (unpaired) electrons. The van der Waals surface area contributed by atoms with E-state index in [4.69, 9.17) is 5.73 Å². The number of amides is 1. The number of hydrogen-bond donors (Lipinski definition) is 2. The predicted molar refractivity (Wildman–Crippen MR) is 88.5 cm³/mol. The van der Waals surface area contributed by atoms with E-state index in [9.17, 15) is 9.18 Å². The summed E-state index contributed by atoms with van der Waals surface area (Å²) < 4.78 is 15.3. The van der Waals surface area contributed by atoms with Crippen molar-refractivity contribution in [1.82, 2.24) is 0 Å². The molecular weight excluding hydrogens is 382 g/mol. The zero-order valence-corrected chi connectivity index (χ0v) is 13.4. The van der Waals surface area contributed by atoms with Crippen LogP contribution in [0.5, 0.6) is 0 Å². The van der Waals surface area contributed by atoms with Crippen LogP contribution in [0.25, 0.3) is 0 Å². The quantitative estimate of drug-likeness (QED) is 0.766. The fourth-order valence-corrected chi connectivity index (χ4v) is 3.28. The number of carbonyl (C=O) groups is 1. The predicted octanol–water partition coefficient (Wildman–Crippen LogP) is 3.36. The summed E-state index contributed by atoms with van der Waals surface area (Å²) in [6.45, 7) is 0. The van der Waals surface area contributed by atoms with E-state index in [1.54, 1.807) is 6.07 Å². The smallest absolute Gasteiger partial charge is 0.224 e. The minimum absolute atomic E-state index is 0.0726. The van der Waals surface area contributed by atoms with Gasteiger partial charge in [0.05, 0.1) is 6.04 Å². The van der Waals surface area contributed by atoms with Crippen molar-refractivity contribution in [2.75, 3.05) is 5.32 Å². The van der Waals surface area contributed by atoms with Gasteiger partial charge in [-0.3, -0.25) is 4.79 Å². The van der Waals surface area contributed by atoms with E-state index in [-0.39, 0.29) is 11.7 Å². The maximum Gasteiger partial charge on any atom is 0.224 e. The monoisotopic (exact) mass is 396 g/mol. The Kier molecular flexibility index (Phi) is 3.95. The number of fused-ring (bicyclic) bond motifs is 1.